The third-order valence-corrected chi connectivity index (χ3v) is 3.24. The van der Waals surface area contributed by atoms with Crippen LogP contribution in [0.1, 0.15) is 12.5 Å². The molecule has 0 fully saturated rings. The summed E-state index contributed by atoms with van der Waals surface area (Å²) in [6, 6.07) is 6.83. The van der Waals surface area contributed by atoms with Gasteiger partial charge in [0, 0.05) is 12.1 Å². The SMILES string of the molecule is CCn1nc(-c2ccc(OC)c(OC)c2)cc(C(=N)N)c1=O. The lowest BCUT2D eigenvalue weighted by Crippen LogP contribution is -2.31. The van der Waals surface area contributed by atoms with Crippen molar-refractivity contribution in [3.63, 3.8) is 0 Å². The molecule has 0 bridgehead atoms. The summed E-state index contributed by atoms with van der Waals surface area (Å²) in [6.07, 6.45) is 0. The number of nitrogens with one attached hydrogen (secondary N) is 1. The molecule has 0 aliphatic carbocycles. The van der Waals surface area contributed by atoms with Crippen molar-refractivity contribution in [3.8, 4) is 22.8 Å². The van der Waals surface area contributed by atoms with Crippen molar-refractivity contribution in [2.45, 2.75) is 13.5 Å². The van der Waals surface area contributed by atoms with E-state index in [0.717, 1.165) is 5.56 Å². The zero-order chi connectivity index (χ0) is 16.3. The highest BCUT2D eigenvalue weighted by atomic mass is 16.5. The van der Waals surface area contributed by atoms with E-state index in [1.807, 2.05) is 0 Å². The van der Waals surface area contributed by atoms with Crippen LogP contribution in [-0.2, 0) is 6.54 Å². The highest BCUT2D eigenvalue weighted by molar-refractivity contribution is 5.95. The third-order valence-electron chi connectivity index (χ3n) is 3.24. The molecule has 2 aromatic rings. The molecule has 0 spiro atoms. The Bertz CT molecular complexity index is 768. The van der Waals surface area contributed by atoms with Crippen LogP contribution < -0.4 is 20.8 Å². The topological polar surface area (TPSA) is 103 Å². The van der Waals surface area contributed by atoms with E-state index in [-0.39, 0.29) is 17.0 Å². The molecule has 3 N–H and O–H groups in total. The third kappa shape index (κ3) is 2.78. The van der Waals surface area contributed by atoms with Gasteiger partial charge >= 0.3 is 0 Å². The number of nitrogens with zero attached hydrogens (tertiary/aromatic N) is 2. The largest absolute Gasteiger partial charge is 0.493 e. The summed E-state index contributed by atoms with van der Waals surface area (Å²) in [5.74, 6) is 0.874. The Balaban J connectivity index is 2.64. The Morgan fingerprint density at radius 1 is 1.27 bits per heavy atom. The number of methoxy groups -OCH3 is 2. The van der Waals surface area contributed by atoms with Crippen molar-refractivity contribution in [1.82, 2.24) is 9.78 Å². The summed E-state index contributed by atoms with van der Waals surface area (Å²) in [6.45, 7) is 2.19. The maximum atomic E-state index is 12.1. The maximum absolute atomic E-state index is 12.1. The molecule has 1 aromatic heterocycles. The molecule has 1 aromatic carbocycles. The predicted molar refractivity (Wildman–Crippen MR) is 83.7 cm³/mol. The van der Waals surface area contributed by atoms with E-state index in [1.165, 1.54) is 10.7 Å². The molecule has 0 aliphatic rings. The number of rotatable bonds is 5. The van der Waals surface area contributed by atoms with Crippen molar-refractivity contribution in [2.24, 2.45) is 5.73 Å². The Morgan fingerprint density at radius 2 is 1.95 bits per heavy atom. The molecule has 7 nitrogen and oxygen atoms in total. The lowest BCUT2D eigenvalue weighted by Gasteiger charge is -2.11. The fourth-order valence-corrected chi connectivity index (χ4v) is 2.09. The number of hydrogen-bond donors (Lipinski definition) is 2. The molecule has 0 saturated carbocycles. The number of nitrogen functional groups attached to an aromatic ring is 1. The second-order valence-corrected chi connectivity index (χ2v) is 4.55. The summed E-state index contributed by atoms with van der Waals surface area (Å²) in [4.78, 5) is 12.1. The second kappa shape index (κ2) is 6.30. The van der Waals surface area contributed by atoms with Gasteiger partial charge in [-0.15, -0.1) is 0 Å². The molecule has 2 rings (SSSR count). The van der Waals surface area contributed by atoms with Crippen LogP contribution in [-0.4, -0.2) is 29.8 Å². The van der Waals surface area contributed by atoms with Crippen LogP contribution in [0.4, 0.5) is 0 Å². The minimum atomic E-state index is -0.376. The average molecular weight is 302 g/mol. The van der Waals surface area contributed by atoms with Crippen molar-refractivity contribution in [2.75, 3.05) is 14.2 Å². The van der Waals surface area contributed by atoms with Gasteiger partial charge in [0.1, 0.15) is 5.84 Å². The first-order valence-corrected chi connectivity index (χ1v) is 6.70. The van der Waals surface area contributed by atoms with E-state index < -0.39 is 0 Å². The van der Waals surface area contributed by atoms with Gasteiger partial charge in [0.15, 0.2) is 11.5 Å². The van der Waals surface area contributed by atoms with Gasteiger partial charge in [0.05, 0.1) is 25.5 Å². The van der Waals surface area contributed by atoms with Crippen LogP contribution in [0.3, 0.4) is 0 Å². The molecule has 7 heteroatoms. The number of benzene rings is 1. The number of nitrogens with two attached hydrogens (primary N) is 1. The monoisotopic (exact) mass is 302 g/mol. The van der Waals surface area contributed by atoms with Gasteiger partial charge in [-0.2, -0.15) is 5.10 Å². The summed E-state index contributed by atoms with van der Waals surface area (Å²) >= 11 is 0. The van der Waals surface area contributed by atoms with E-state index in [1.54, 1.807) is 39.3 Å². The first kappa shape index (κ1) is 15.6. The standard InChI is InChI=1S/C15H18N4O3/c1-4-19-15(20)10(14(16)17)8-11(18-19)9-5-6-12(21-2)13(7-9)22-3/h5-8H,4H2,1-3H3,(H3,16,17). The van der Waals surface area contributed by atoms with Crippen molar-refractivity contribution < 1.29 is 9.47 Å². The van der Waals surface area contributed by atoms with Crippen LogP contribution in [0.25, 0.3) is 11.3 Å². The fourth-order valence-electron chi connectivity index (χ4n) is 2.09. The van der Waals surface area contributed by atoms with Gasteiger partial charge < -0.3 is 15.2 Å². The summed E-state index contributed by atoms with van der Waals surface area (Å²) in [5, 5.41) is 11.8. The molecule has 0 radical (unpaired) electrons. The Morgan fingerprint density at radius 3 is 2.50 bits per heavy atom. The first-order valence-electron chi connectivity index (χ1n) is 6.70. The Hall–Kier alpha value is -2.83. The highest BCUT2D eigenvalue weighted by Crippen LogP contribution is 2.31. The minimum absolute atomic E-state index is 0.127. The van der Waals surface area contributed by atoms with Crippen molar-refractivity contribution in [1.29, 1.82) is 5.41 Å². The maximum Gasteiger partial charge on any atom is 0.277 e. The molecule has 0 aliphatic heterocycles. The van der Waals surface area contributed by atoms with E-state index in [9.17, 15) is 4.79 Å². The molecule has 116 valence electrons. The van der Waals surface area contributed by atoms with Gasteiger partial charge in [0.2, 0.25) is 0 Å². The second-order valence-electron chi connectivity index (χ2n) is 4.55. The zero-order valence-corrected chi connectivity index (χ0v) is 12.7. The Labute approximate surface area is 127 Å². The Kier molecular flexibility index (Phi) is 4.45. The number of ether oxygens (including phenoxy) is 2. The number of aryl methyl sites for hydroxylation is 1. The number of aromatic nitrogens is 2. The van der Waals surface area contributed by atoms with Gasteiger partial charge in [-0.05, 0) is 31.2 Å². The lowest BCUT2D eigenvalue weighted by atomic mass is 10.1. The molecule has 22 heavy (non-hydrogen) atoms. The smallest absolute Gasteiger partial charge is 0.277 e. The number of amidine groups is 1. The molecule has 0 unspecified atom stereocenters. The zero-order valence-electron chi connectivity index (χ0n) is 12.7. The van der Waals surface area contributed by atoms with Crippen LogP contribution in [0.5, 0.6) is 11.5 Å². The average Bonchev–Trinajstić information content (AvgIpc) is 2.54. The van der Waals surface area contributed by atoms with Crippen molar-refractivity contribution >= 4 is 5.84 Å². The van der Waals surface area contributed by atoms with E-state index >= 15 is 0 Å². The van der Waals surface area contributed by atoms with E-state index in [0.29, 0.717) is 23.7 Å². The molecule has 0 atom stereocenters. The van der Waals surface area contributed by atoms with Gasteiger partial charge in [-0.25, -0.2) is 4.68 Å². The van der Waals surface area contributed by atoms with Crippen LogP contribution in [0.15, 0.2) is 29.1 Å². The van der Waals surface area contributed by atoms with Gasteiger partial charge in [-0.3, -0.25) is 10.2 Å². The summed E-state index contributed by atoms with van der Waals surface area (Å²) in [7, 11) is 3.10. The normalized spacial score (nSPS) is 10.3. The molecular weight excluding hydrogens is 284 g/mol. The number of hydrogen-bond acceptors (Lipinski definition) is 5. The van der Waals surface area contributed by atoms with Crippen molar-refractivity contribution in [3.05, 3.63) is 40.2 Å². The highest BCUT2D eigenvalue weighted by Gasteiger charge is 2.13. The molecule has 1 heterocycles. The lowest BCUT2D eigenvalue weighted by molar-refractivity contribution is 0.355. The fraction of sp³-hybridized carbons (Fsp3) is 0.267. The van der Waals surface area contributed by atoms with Crippen LogP contribution in [0.2, 0.25) is 0 Å². The molecular formula is C15H18N4O3. The summed E-state index contributed by atoms with van der Waals surface area (Å²) < 4.78 is 11.7. The summed E-state index contributed by atoms with van der Waals surface area (Å²) in [5.41, 5.74) is 6.51. The minimum Gasteiger partial charge on any atom is -0.493 e. The quantitative estimate of drug-likeness (QED) is 0.638. The van der Waals surface area contributed by atoms with Crippen LogP contribution >= 0.6 is 0 Å². The first-order chi connectivity index (χ1) is 10.5. The molecule has 0 saturated heterocycles. The van der Waals surface area contributed by atoms with Gasteiger partial charge in [0.25, 0.3) is 5.56 Å². The van der Waals surface area contributed by atoms with Gasteiger partial charge in [-0.1, -0.05) is 0 Å². The van der Waals surface area contributed by atoms with E-state index in [4.69, 9.17) is 20.6 Å². The predicted octanol–water partition coefficient (Wildman–Crippen LogP) is 1.23. The molecule has 0 amide bonds. The van der Waals surface area contributed by atoms with Crippen LogP contribution in [0, 0.1) is 5.41 Å². The van der Waals surface area contributed by atoms with E-state index in [2.05, 4.69) is 5.10 Å².